The second-order valence-corrected chi connectivity index (χ2v) is 23.9. The van der Waals surface area contributed by atoms with E-state index in [1.807, 2.05) is 11.3 Å². The lowest BCUT2D eigenvalue weighted by atomic mass is 9.94. The first-order chi connectivity index (χ1) is 43.6. The van der Waals surface area contributed by atoms with Gasteiger partial charge in [0.15, 0.2) is 0 Å². The fourth-order valence-corrected chi connectivity index (χ4v) is 14.7. The van der Waals surface area contributed by atoms with Crippen molar-refractivity contribution in [2.24, 2.45) is 0 Å². The number of nitrogens with zero attached hydrogens (tertiary/aromatic N) is 3. The van der Waals surface area contributed by atoms with E-state index in [4.69, 9.17) is 0 Å². The first-order valence-corrected chi connectivity index (χ1v) is 30.9. The Morgan fingerprint density at radius 2 is 0.602 bits per heavy atom. The SMILES string of the molecule is c1ccc(-c2ccc(-c3ccc(N(c4ccc(-c5ccccc5)cc4)c4ccc5c(c4)c4cc(-c6ccc(N(c7ccccc7)c7cccc8c7sc7ccccc78)cc6)ccc4n5-c4ccc5c6ccccc6c6ccccc6c5c4)cc3)cc2)cc1. The van der Waals surface area contributed by atoms with E-state index in [1.54, 1.807) is 0 Å². The Bertz CT molecular complexity index is 5430. The minimum absolute atomic E-state index is 1.07. The fraction of sp³-hybridized carbons (Fsp3) is 0. The Morgan fingerprint density at radius 1 is 0.216 bits per heavy atom. The Hall–Kier alpha value is -11.3. The van der Waals surface area contributed by atoms with E-state index in [1.165, 1.54) is 102 Å². The molecule has 0 spiro atoms. The van der Waals surface area contributed by atoms with E-state index in [0.717, 1.165) is 56.3 Å². The number of hydrogen-bond donors (Lipinski definition) is 0. The zero-order valence-electron chi connectivity index (χ0n) is 48.0. The van der Waals surface area contributed by atoms with Crippen molar-refractivity contribution in [3.8, 4) is 50.2 Å². The Kier molecular flexibility index (Phi) is 12.4. The summed E-state index contributed by atoms with van der Waals surface area (Å²) in [6.07, 6.45) is 0. The summed E-state index contributed by atoms with van der Waals surface area (Å²) >= 11 is 1.86. The molecule has 0 N–H and O–H groups in total. The number of thiophene rings is 1. The summed E-state index contributed by atoms with van der Waals surface area (Å²) in [6, 6.07) is 123. The van der Waals surface area contributed by atoms with Gasteiger partial charge >= 0.3 is 0 Å². The van der Waals surface area contributed by atoms with E-state index in [9.17, 15) is 0 Å². The van der Waals surface area contributed by atoms with Gasteiger partial charge in [-0.05, 0) is 180 Å². The van der Waals surface area contributed by atoms with Gasteiger partial charge < -0.3 is 14.4 Å². The molecule has 4 heteroatoms. The number of benzene rings is 15. The van der Waals surface area contributed by atoms with Crippen LogP contribution in [-0.2, 0) is 0 Å². The fourth-order valence-electron chi connectivity index (χ4n) is 13.5. The second kappa shape index (κ2) is 21.3. The quantitative estimate of drug-likeness (QED) is 0.120. The van der Waals surface area contributed by atoms with Gasteiger partial charge in [-0.1, -0.05) is 231 Å². The van der Waals surface area contributed by atoms with E-state index in [2.05, 4.69) is 348 Å². The highest BCUT2D eigenvalue weighted by molar-refractivity contribution is 7.26. The predicted octanol–water partition coefficient (Wildman–Crippen LogP) is 24.2. The molecule has 17 rings (SSSR count). The molecule has 17 aromatic rings. The molecule has 2 heterocycles. The lowest BCUT2D eigenvalue weighted by Gasteiger charge is -2.26. The lowest BCUT2D eigenvalue weighted by Crippen LogP contribution is -2.10. The third-order valence-electron chi connectivity index (χ3n) is 17.8. The first kappa shape index (κ1) is 51.1. The molecule has 0 aliphatic heterocycles. The summed E-state index contributed by atoms with van der Waals surface area (Å²) in [5.74, 6) is 0. The van der Waals surface area contributed by atoms with Gasteiger partial charge in [-0.3, -0.25) is 0 Å². The zero-order valence-corrected chi connectivity index (χ0v) is 48.8. The maximum atomic E-state index is 2.48. The molecule has 0 unspecified atom stereocenters. The van der Waals surface area contributed by atoms with Crippen molar-refractivity contribution in [2.75, 3.05) is 9.80 Å². The molecule has 15 aromatic carbocycles. The van der Waals surface area contributed by atoms with Crippen molar-refractivity contribution < 1.29 is 0 Å². The minimum atomic E-state index is 1.07. The summed E-state index contributed by atoms with van der Waals surface area (Å²) in [6.45, 7) is 0. The molecule has 88 heavy (non-hydrogen) atoms. The number of rotatable bonds is 11. The molecule has 2 aromatic heterocycles. The molecule has 0 aliphatic carbocycles. The molecule has 0 atom stereocenters. The van der Waals surface area contributed by atoms with Crippen LogP contribution in [0.2, 0.25) is 0 Å². The number of para-hydroxylation sites is 1. The van der Waals surface area contributed by atoms with Crippen LogP contribution in [0.3, 0.4) is 0 Å². The van der Waals surface area contributed by atoms with Crippen LogP contribution >= 0.6 is 11.3 Å². The average Bonchev–Trinajstić information content (AvgIpc) is 1.60. The van der Waals surface area contributed by atoms with Crippen LogP contribution in [0.1, 0.15) is 0 Å². The molecular formula is C84H55N3S. The summed E-state index contributed by atoms with van der Waals surface area (Å²) in [5.41, 5.74) is 19.4. The molecule has 0 amide bonds. The minimum Gasteiger partial charge on any atom is -0.310 e. The molecular weight excluding hydrogens is 1080 g/mol. The van der Waals surface area contributed by atoms with Gasteiger partial charge in [0.1, 0.15) is 0 Å². The van der Waals surface area contributed by atoms with Crippen LogP contribution in [0.5, 0.6) is 0 Å². The van der Waals surface area contributed by atoms with Crippen LogP contribution in [0.15, 0.2) is 334 Å². The highest BCUT2D eigenvalue weighted by atomic mass is 32.1. The van der Waals surface area contributed by atoms with E-state index in [0.29, 0.717) is 0 Å². The Labute approximate surface area is 514 Å². The molecule has 412 valence electrons. The number of anilines is 6. The number of aromatic nitrogens is 1. The largest absolute Gasteiger partial charge is 0.310 e. The van der Waals surface area contributed by atoms with Crippen LogP contribution in [0.4, 0.5) is 34.1 Å². The second-order valence-electron chi connectivity index (χ2n) is 22.8. The van der Waals surface area contributed by atoms with E-state index in [-0.39, 0.29) is 0 Å². The van der Waals surface area contributed by atoms with E-state index < -0.39 is 0 Å². The average molecular weight is 1140 g/mol. The van der Waals surface area contributed by atoms with Crippen molar-refractivity contribution in [2.45, 2.75) is 0 Å². The highest BCUT2D eigenvalue weighted by Gasteiger charge is 2.22. The van der Waals surface area contributed by atoms with Crippen molar-refractivity contribution in [3.63, 3.8) is 0 Å². The lowest BCUT2D eigenvalue weighted by molar-refractivity contribution is 1.18. The van der Waals surface area contributed by atoms with Crippen molar-refractivity contribution in [3.05, 3.63) is 334 Å². The van der Waals surface area contributed by atoms with Crippen LogP contribution < -0.4 is 9.80 Å². The summed E-state index contributed by atoms with van der Waals surface area (Å²) in [4.78, 5) is 4.82. The Morgan fingerprint density at radius 3 is 1.17 bits per heavy atom. The number of fused-ring (bicyclic) bond motifs is 12. The zero-order chi connectivity index (χ0) is 58.1. The number of hydrogen-bond acceptors (Lipinski definition) is 3. The summed E-state index contributed by atoms with van der Waals surface area (Å²) in [5, 5.41) is 12.5. The molecule has 0 saturated carbocycles. The summed E-state index contributed by atoms with van der Waals surface area (Å²) < 4.78 is 5.05. The maximum absolute atomic E-state index is 2.48. The molecule has 0 aliphatic rings. The standard InChI is InChI=1S/C84H55N3S/c1-4-17-56(18-5-1)58-31-33-59(34-32-58)61-37-44-66(45-38-61)85(65-42-35-60(36-43-65)57-19-6-2-7-20-57)68-49-52-81-79(55-68)78-53-63(41-51-80(78)87(81)69-48-50-74-72-25-11-10-23-70(72)71-24-12-13-26-73(71)77(74)54-69)62-39-46-67(47-40-62)86(64-21-8-3-9-22-64)82-29-16-28-76-75-27-14-15-30-83(75)88-84(76)82/h1-55H. The van der Waals surface area contributed by atoms with Crippen LogP contribution in [0.25, 0.3) is 124 Å². The Balaban J connectivity index is 0.826. The van der Waals surface area contributed by atoms with Gasteiger partial charge in [-0.2, -0.15) is 0 Å². The summed E-state index contributed by atoms with van der Waals surface area (Å²) in [7, 11) is 0. The smallest absolute Gasteiger partial charge is 0.0640 e. The predicted molar refractivity (Wildman–Crippen MR) is 377 cm³/mol. The molecule has 0 fully saturated rings. The monoisotopic (exact) mass is 1140 g/mol. The van der Waals surface area contributed by atoms with Crippen LogP contribution in [0, 0.1) is 0 Å². The molecule has 0 radical (unpaired) electrons. The molecule has 3 nitrogen and oxygen atoms in total. The van der Waals surface area contributed by atoms with E-state index >= 15 is 0 Å². The van der Waals surface area contributed by atoms with Gasteiger partial charge in [0.2, 0.25) is 0 Å². The van der Waals surface area contributed by atoms with Crippen molar-refractivity contribution >= 4 is 120 Å². The normalized spacial score (nSPS) is 11.6. The van der Waals surface area contributed by atoms with Gasteiger partial charge in [0.25, 0.3) is 0 Å². The van der Waals surface area contributed by atoms with Crippen LogP contribution in [-0.4, -0.2) is 4.57 Å². The topological polar surface area (TPSA) is 11.4 Å². The van der Waals surface area contributed by atoms with Crippen molar-refractivity contribution in [1.29, 1.82) is 0 Å². The maximum Gasteiger partial charge on any atom is 0.0640 e. The van der Waals surface area contributed by atoms with Gasteiger partial charge in [0.05, 0.1) is 21.4 Å². The highest BCUT2D eigenvalue weighted by Crippen LogP contribution is 2.47. The van der Waals surface area contributed by atoms with Gasteiger partial charge in [-0.15, -0.1) is 11.3 Å². The first-order valence-electron chi connectivity index (χ1n) is 30.1. The third kappa shape index (κ3) is 8.80. The van der Waals surface area contributed by atoms with Crippen molar-refractivity contribution in [1.82, 2.24) is 4.57 Å². The molecule has 0 bridgehead atoms. The molecule has 0 saturated heterocycles. The third-order valence-corrected chi connectivity index (χ3v) is 19.0. The van der Waals surface area contributed by atoms with Gasteiger partial charge in [-0.25, -0.2) is 0 Å². The van der Waals surface area contributed by atoms with Gasteiger partial charge in [0, 0.05) is 60.4 Å².